The number of aliphatic hydroxyl groups excluding tert-OH is 1. The molecule has 1 N–H and O–H groups in total. The molecule has 1 aromatic carbocycles. The minimum absolute atomic E-state index is 0.414. The quantitative estimate of drug-likeness (QED) is 0.879. The molecular weight excluding hydrogens is 240 g/mol. The van der Waals surface area contributed by atoms with Crippen LogP contribution in [0.5, 0.6) is 11.5 Å². The van der Waals surface area contributed by atoms with Gasteiger partial charge in [0.1, 0.15) is 0 Å². The highest BCUT2D eigenvalue weighted by molar-refractivity contribution is 6.32. The van der Waals surface area contributed by atoms with E-state index in [1.165, 1.54) is 7.11 Å². The van der Waals surface area contributed by atoms with Crippen molar-refractivity contribution in [3.63, 3.8) is 0 Å². The fourth-order valence-corrected chi connectivity index (χ4v) is 2.01. The fraction of sp³-hybridized carbons (Fsp3) is 0.538. The van der Waals surface area contributed by atoms with Gasteiger partial charge in [0.05, 0.1) is 25.3 Å². The van der Waals surface area contributed by atoms with Gasteiger partial charge in [-0.3, -0.25) is 0 Å². The van der Waals surface area contributed by atoms with E-state index < -0.39 is 6.10 Å². The highest BCUT2D eigenvalue weighted by atomic mass is 35.5. The van der Waals surface area contributed by atoms with E-state index in [-0.39, 0.29) is 0 Å². The van der Waals surface area contributed by atoms with Crippen molar-refractivity contribution < 1.29 is 14.6 Å². The van der Waals surface area contributed by atoms with E-state index >= 15 is 0 Å². The van der Waals surface area contributed by atoms with Crippen molar-refractivity contribution in [1.29, 1.82) is 0 Å². The van der Waals surface area contributed by atoms with E-state index in [2.05, 4.69) is 13.8 Å². The summed E-state index contributed by atoms with van der Waals surface area (Å²) in [4.78, 5) is 0. The number of methoxy groups -OCH3 is 2. The van der Waals surface area contributed by atoms with Crippen molar-refractivity contribution in [2.24, 2.45) is 5.92 Å². The number of hydrogen-bond donors (Lipinski definition) is 1. The third-order valence-electron chi connectivity index (χ3n) is 2.54. The molecule has 1 unspecified atom stereocenters. The Bertz CT molecular complexity index is 377. The van der Waals surface area contributed by atoms with Crippen molar-refractivity contribution in [2.75, 3.05) is 14.2 Å². The first-order valence-corrected chi connectivity index (χ1v) is 5.96. The molecular formula is C13H19ClO3. The van der Waals surface area contributed by atoms with Crippen molar-refractivity contribution >= 4 is 11.6 Å². The van der Waals surface area contributed by atoms with Gasteiger partial charge < -0.3 is 14.6 Å². The minimum atomic E-state index is -0.535. The third kappa shape index (κ3) is 3.51. The molecule has 0 radical (unpaired) electrons. The van der Waals surface area contributed by atoms with Crippen LogP contribution in [-0.4, -0.2) is 19.3 Å². The highest BCUT2D eigenvalue weighted by Gasteiger charge is 2.16. The summed E-state index contributed by atoms with van der Waals surface area (Å²) in [5, 5.41) is 10.5. The first-order valence-electron chi connectivity index (χ1n) is 5.59. The van der Waals surface area contributed by atoms with Crippen LogP contribution < -0.4 is 9.47 Å². The van der Waals surface area contributed by atoms with Crippen LogP contribution in [0.1, 0.15) is 31.9 Å². The van der Waals surface area contributed by atoms with Gasteiger partial charge in [0.2, 0.25) is 0 Å². The molecule has 0 aliphatic carbocycles. The predicted octanol–water partition coefficient (Wildman–Crippen LogP) is 3.44. The van der Waals surface area contributed by atoms with E-state index in [0.29, 0.717) is 28.9 Å². The van der Waals surface area contributed by atoms with Crippen LogP contribution in [0.2, 0.25) is 5.02 Å². The monoisotopic (exact) mass is 258 g/mol. The average Bonchev–Trinajstić information content (AvgIpc) is 2.26. The molecule has 0 fully saturated rings. The maximum absolute atomic E-state index is 10.0. The third-order valence-corrected chi connectivity index (χ3v) is 2.82. The molecule has 3 nitrogen and oxygen atoms in total. The Morgan fingerprint density at radius 1 is 1.24 bits per heavy atom. The summed E-state index contributed by atoms with van der Waals surface area (Å²) in [6.07, 6.45) is 0.151. The molecule has 0 aromatic heterocycles. The minimum Gasteiger partial charge on any atom is -0.493 e. The van der Waals surface area contributed by atoms with Crippen LogP contribution in [0.15, 0.2) is 12.1 Å². The normalized spacial score (nSPS) is 12.6. The molecule has 4 heteroatoms. The van der Waals surface area contributed by atoms with Crippen molar-refractivity contribution in [3.8, 4) is 11.5 Å². The second-order valence-corrected chi connectivity index (χ2v) is 4.79. The number of benzene rings is 1. The summed E-state index contributed by atoms with van der Waals surface area (Å²) < 4.78 is 10.3. The van der Waals surface area contributed by atoms with Crippen LogP contribution in [0.25, 0.3) is 0 Å². The Morgan fingerprint density at radius 2 is 1.88 bits per heavy atom. The average molecular weight is 259 g/mol. The molecule has 0 spiro atoms. The fourth-order valence-electron chi connectivity index (χ4n) is 1.71. The van der Waals surface area contributed by atoms with Gasteiger partial charge in [0.25, 0.3) is 0 Å². The Morgan fingerprint density at radius 3 is 2.35 bits per heavy atom. The molecule has 1 aromatic rings. The summed E-state index contributed by atoms with van der Waals surface area (Å²) in [5.74, 6) is 1.45. The molecule has 1 atom stereocenters. The van der Waals surface area contributed by atoms with Gasteiger partial charge in [-0.1, -0.05) is 25.4 Å². The number of halogens is 1. The Balaban J connectivity index is 3.06. The molecule has 0 amide bonds. The maximum atomic E-state index is 10.0. The van der Waals surface area contributed by atoms with E-state index in [4.69, 9.17) is 21.1 Å². The zero-order valence-electron chi connectivity index (χ0n) is 10.7. The van der Waals surface area contributed by atoms with E-state index in [1.54, 1.807) is 19.2 Å². The van der Waals surface area contributed by atoms with Crippen LogP contribution in [-0.2, 0) is 0 Å². The van der Waals surface area contributed by atoms with Crippen molar-refractivity contribution in [1.82, 2.24) is 0 Å². The first-order chi connectivity index (χ1) is 7.99. The molecule has 0 saturated heterocycles. The molecule has 96 valence electrons. The van der Waals surface area contributed by atoms with Crippen LogP contribution in [0.4, 0.5) is 0 Å². The zero-order valence-corrected chi connectivity index (χ0v) is 11.4. The van der Waals surface area contributed by atoms with Gasteiger partial charge in [0.15, 0.2) is 11.5 Å². The summed E-state index contributed by atoms with van der Waals surface area (Å²) in [7, 11) is 3.08. The van der Waals surface area contributed by atoms with E-state index in [9.17, 15) is 5.11 Å². The summed E-state index contributed by atoms with van der Waals surface area (Å²) in [5.41, 5.74) is 0.751. The second-order valence-electron chi connectivity index (χ2n) is 4.38. The lowest BCUT2D eigenvalue weighted by Gasteiger charge is -2.16. The first kappa shape index (κ1) is 14.1. The number of ether oxygens (including phenoxy) is 2. The maximum Gasteiger partial charge on any atom is 0.179 e. The predicted molar refractivity (Wildman–Crippen MR) is 69.0 cm³/mol. The highest BCUT2D eigenvalue weighted by Crippen LogP contribution is 2.38. The SMILES string of the molecule is COc1cc(C(O)CC(C)C)cc(Cl)c1OC. The largest absolute Gasteiger partial charge is 0.493 e. The van der Waals surface area contributed by atoms with Gasteiger partial charge in [-0.25, -0.2) is 0 Å². The molecule has 0 aliphatic heterocycles. The lowest BCUT2D eigenvalue weighted by Crippen LogP contribution is -2.03. The van der Waals surface area contributed by atoms with Gasteiger partial charge >= 0.3 is 0 Å². The number of hydrogen-bond acceptors (Lipinski definition) is 3. The van der Waals surface area contributed by atoms with Gasteiger partial charge in [-0.2, -0.15) is 0 Å². The molecule has 0 aliphatic rings. The van der Waals surface area contributed by atoms with Crippen molar-refractivity contribution in [2.45, 2.75) is 26.4 Å². The van der Waals surface area contributed by atoms with Crippen LogP contribution in [0, 0.1) is 5.92 Å². The van der Waals surface area contributed by atoms with Crippen molar-refractivity contribution in [3.05, 3.63) is 22.7 Å². The molecule has 0 bridgehead atoms. The van der Waals surface area contributed by atoms with Crippen LogP contribution >= 0.6 is 11.6 Å². The molecule has 0 heterocycles. The van der Waals surface area contributed by atoms with E-state index in [1.807, 2.05) is 0 Å². The summed E-state index contributed by atoms with van der Waals surface area (Å²) in [6.45, 7) is 4.12. The number of aliphatic hydroxyl groups is 1. The summed E-state index contributed by atoms with van der Waals surface area (Å²) >= 11 is 6.08. The lowest BCUT2D eigenvalue weighted by atomic mass is 9.99. The van der Waals surface area contributed by atoms with Gasteiger partial charge in [0, 0.05) is 0 Å². The Hall–Kier alpha value is -0.930. The van der Waals surface area contributed by atoms with Gasteiger partial charge in [-0.15, -0.1) is 0 Å². The molecule has 1 rings (SSSR count). The Kier molecular flexibility index (Phi) is 5.09. The smallest absolute Gasteiger partial charge is 0.179 e. The second kappa shape index (κ2) is 6.12. The molecule has 17 heavy (non-hydrogen) atoms. The number of rotatable bonds is 5. The topological polar surface area (TPSA) is 38.7 Å². The molecule has 0 saturated carbocycles. The van der Waals surface area contributed by atoms with E-state index in [0.717, 1.165) is 5.56 Å². The lowest BCUT2D eigenvalue weighted by molar-refractivity contribution is 0.150. The van der Waals surface area contributed by atoms with Crippen LogP contribution in [0.3, 0.4) is 0 Å². The van der Waals surface area contributed by atoms with Gasteiger partial charge in [-0.05, 0) is 30.0 Å². The zero-order chi connectivity index (χ0) is 13.0. The summed E-state index contributed by atoms with van der Waals surface area (Å²) in [6, 6.07) is 3.48. The Labute approximate surface area is 107 Å². The standard InChI is InChI=1S/C13H19ClO3/c1-8(2)5-11(15)9-6-10(14)13(17-4)12(7-9)16-3/h6-8,11,15H,5H2,1-4H3.